The first kappa shape index (κ1) is 15.3. The summed E-state index contributed by atoms with van der Waals surface area (Å²) in [5.74, 6) is 0.472. The molecular weight excluding hydrogens is 264 g/mol. The van der Waals surface area contributed by atoms with Crippen molar-refractivity contribution in [1.82, 2.24) is 9.80 Å². The Kier molecular flexibility index (Phi) is 4.26. The molecule has 120 valence electrons. The SMILES string of the molecule is CN1CCCC2CN(C3CCCC(N)(C(N)=O)C3)CCC21. The number of hydrogen-bond acceptors (Lipinski definition) is 4. The van der Waals surface area contributed by atoms with Crippen LogP contribution in [0.5, 0.6) is 0 Å². The van der Waals surface area contributed by atoms with Crippen LogP contribution >= 0.6 is 0 Å². The van der Waals surface area contributed by atoms with Crippen LogP contribution in [0.3, 0.4) is 0 Å². The molecule has 4 atom stereocenters. The molecule has 4 unspecified atom stereocenters. The minimum absolute atomic E-state index is 0.320. The van der Waals surface area contributed by atoms with E-state index in [-0.39, 0.29) is 5.91 Å². The highest BCUT2D eigenvalue weighted by atomic mass is 16.1. The van der Waals surface area contributed by atoms with E-state index in [1.165, 1.54) is 38.8 Å². The molecule has 0 aromatic carbocycles. The quantitative estimate of drug-likeness (QED) is 0.779. The van der Waals surface area contributed by atoms with Crippen LogP contribution < -0.4 is 11.5 Å². The Labute approximate surface area is 128 Å². The van der Waals surface area contributed by atoms with Gasteiger partial charge in [0.05, 0.1) is 5.54 Å². The van der Waals surface area contributed by atoms with Gasteiger partial charge in [0.2, 0.25) is 5.91 Å². The maximum Gasteiger partial charge on any atom is 0.237 e. The molecule has 5 heteroatoms. The van der Waals surface area contributed by atoms with Crippen LogP contribution in [0.25, 0.3) is 0 Å². The predicted molar refractivity (Wildman–Crippen MR) is 83.7 cm³/mol. The molecule has 2 saturated heterocycles. The van der Waals surface area contributed by atoms with Gasteiger partial charge in [-0.1, -0.05) is 0 Å². The summed E-state index contributed by atoms with van der Waals surface area (Å²) in [6, 6.07) is 1.21. The van der Waals surface area contributed by atoms with E-state index >= 15 is 0 Å². The smallest absolute Gasteiger partial charge is 0.237 e. The molecule has 3 fully saturated rings. The standard InChI is InChI=1S/C16H30N4O/c1-19-8-3-4-12-11-20(9-6-14(12)19)13-5-2-7-16(18,10-13)15(17)21/h12-14H,2-11,18H2,1H3,(H2,17,21). The fourth-order valence-corrected chi connectivity index (χ4v) is 4.83. The minimum Gasteiger partial charge on any atom is -0.368 e. The fraction of sp³-hybridized carbons (Fsp3) is 0.938. The third-order valence-corrected chi connectivity index (χ3v) is 6.14. The van der Waals surface area contributed by atoms with Crippen LogP contribution in [0.1, 0.15) is 44.9 Å². The first-order valence-corrected chi connectivity index (χ1v) is 8.53. The number of carbonyl (C=O) groups excluding carboxylic acids is 1. The van der Waals surface area contributed by atoms with Crippen LogP contribution in [-0.4, -0.2) is 60.0 Å². The van der Waals surface area contributed by atoms with Gasteiger partial charge in [0.1, 0.15) is 0 Å². The Balaban J connectivity index is 1.64. The van der Waals surface area contributed by atoms with Crippen molar-refractivity contribution in [3.05, 3.63) is 0 Å². The Morgan fingerprint density at radius 2 is 2.00 bits per heavy atom. The Bertz CT molecular complexity index is 402. The molecule has 1 saturated carbocycles. The van der Waals surface area contributed by atoms with Gasteiger partial charge < -0.3 is 16.4 Å². The van der Waals surface area contributed by atoms with Crippen molar-refractivity contribution in [2.75, 3.05) is 26.7 Å². The third kappa shape index (κ3) is 2.96. The number of piperidine rings is 2. The zero-order chi connectivity index (χ0) is 15.0. The second-order valence-corrected chi connectivity index (χ2v) is 7.50. The summed E-state index contributed by atoms with van der Waals surface area (Å²) in [6.07, 6.45) is 7.61. The Morgan fingerprint density at radius 1 is 1.19 bits per heavy atom. The van der Waals surface area contributed by atoms with E-state index in [0.717, 1.165) is 37.8 Å². The van der Waals surface area contributed by atoms with Crippen molar-refractivity contribution in [3.63, 3.8) is 0 Å². The fourth-order valence-electron chi connectivity index (χ4n) is 4.83. The van der Waals surface area contributed by atoms with Gasteiger partial charge in [0.15, 0.2) is 0 Å². The van der Waals surface area contributed by atoms with Gasteiger partial charge in [-0.05, 0) is 71.0 Å². The molecule has 2 aliphatic heterocycles. The number of nitrogens with zero attached hydrogens (tertiary/aromatic N) is 2. The van der Waals surface area contributed by atoms with E-state index in [1.54, 1.807) is 0 Å². The molecule has 2 heterocycles. The lowest BCUT2D eigenvalue weighted by molar-refractivity contribution is -0.125. The average Bonchev–Trinajstić information content (AvgIpc) is 2.47. The summed E-state index contributed by atoms with van der Waals surface area (Å²) < 4.78 is 0. The number of nitrogens with two attached hydrogens (primary N) is 2. The number of amides is 1. The monoisotopic (exact) mass is 294 g/mol. The summed E-state index contributed by atoms with van der Waals surface area (Å²) in [7, 11) is 2.27. The van der Waals surface area contributed by atoms with E-state index in [1.807, 2.05) is 0 Å². The molecule has 5 nitrogen and oxygen atoms in total. The first-order chi connectivity index (χ1) is 9.99. The summed E-state index contributed by atoms with van der Waals surface area (Å²) in [5.41, 5.74) is 11.0. The van der Waals surface area contributed by atoms with Crippen molar-refractivity contribution in [3.8, 4) is 0 Å². The van der Waals surface area contributed by atoms with Crippen molar-refractivity contribution < 1.29 is 4.79 Å². The second-order valence-electron chi connectivity index (χ2n) is 7.50. The van der Waals surface area contributed by atoms with Gasteiger partial charge in [0.25, 0.3) is 0 Å². The van der Waals surface area contributed by atoms with E-state index in [9.17, 15) is 4.79 Å². The van der Waals surface area contributed by atoms with Crippen molar-refractivity contribution in [2.45, 2.75) is 62.6 Å². The van der Waals surface area contributed by atoms with Crippen molar-refractivity contribution in [1.29, 1.82) is 0 Å². The van der Waals surface area contributed by atoms with E-state index in [4.69, 9.17) is 11.5 Å². The average molecular weight is 294 g/mol. The molecule has 21 heavy (non-hydrogen) atoms. The highest BCUT2D eigenvalue weighted by Crippen LogP contribution is 2.35. The van der Waals surface area contributed by atoms with Gasteiger partial charge >= 0.3 is 0 Å². The molecule has 0 spiro atoms. The summed E-state index contributed by atoms with van der Waals surface area (Å²) >= 11 is 0. The van der Waals surface area contributed by atoms with Gasteiger partial charge in [-0.3, -0.25) is 9.69 Å². The van der Waals surface area contributed by atoms with Crippen LogP contribution in [0.2, 0.25) is 0 Å². The van der Waals surface area contributed by atoms with Gasteiger partial charge in [-0.25, -0.2) is 0 Å². The second kappa shape index (κ2) is 5.86. The summed E-state index contributed by atoms with van der Waals surface area (Å²) in [4.78, 5) is 16.8. The normalized spacial score (nSPS) is 42.5. The molecule has 0 aromatic rings. The largest absolute Gasteiger partial charge is 0.368 e. The lowest BCUT2D eigenvalue weighted by atomic mass is 9.77. The molecule has 1 aliphatic carbocycles. The van der Waals surface area contributed by atoms with Gasteiger partial charge in [-0.15, -0.1) is 0 Å². The highest BCUT2D eigenvalue weighted by molar-refractivity contribution is 5.84. The number of fused-ring (bicyclic) bond motifs is 1. The van der Waals surface area contributed by atoms with Crippen LogP contribution in [-0.2, 0) is 4.79 Å². The van der Waals surface area contributed by atoms with E-state index in [2.05, 4.69) is 16.8 Å². The molecule has 0 radical (unpaired) electrons. The van der Waals surface area contributed by atoms with Crippen LogP contribution in [0.15, 0.2) is 0 Å². The number of carbonyl (C=O) groups is 1. The zero-order valence-electron chi connectivity index (χ0n) is 13.3. The number of primary amides is 1. The van der Waals surface area contributed by atoms with Crippen molar-refractivity contribution in [2.24, 2.45) is 17.4 Å². The predicted octanol–water partition coefficient (Wildman–Crippen LogP) is 0.528. The van der Waals surface area contributed by atoms with Crippen LogP contribution in [0.4, 0.5) is 0 Å². The maximum atomic E-state index is 11.6. The zero-order valence-corrected chi connectivity index (χ0v) is 13.3. The molecule has 3 aliphatic rings. The summed E-state index contributed by atoms with van der Waals surface area (Å²) in [5, 5.41) is 0. The number of likely N-dealkylation sites (tertiary alicyclic amines) is 2. The Morgan fingerprint density at radius 3 is 2.76 bits per heavy atom. The van der Waals surface area contributed by atoms with E-state index in [0.29, 0.717) is 6.04 Å². The minimum atomic E-state index is -0.775. The van der Waals surface area contributed by atoms with Crippen LogP contribution in [0, 0.1) is 5.92 Å². The van der Waals surface area contributed by atoms with Crippen molar-refractivity contribution >= 4 is 5.91 Å². The Hall–Kier alpha value is -0.650. The number of hydrogen-bond donors (Lipinski definition) is 2. The molecule has 0 aromatic heterocycles. The molecular formula is C16H30N4O. The molecule has 1 amide bonds. The topological polar surface area (TPSA) is 75.6 Å². The molecule has 4 N–H and O–H groups in total. The lowest BCUT2D eigenvalue weighted by Crippen LogP contribution is -2.61. The summed E-state index contributed by atoms with van der Waals surface area (Å²) in [6.45, 7) is 3.57. The molecule has 0 bridgehead atoms. The highest BCUT2D eigenvalue weighted by Gasteiger charge is 2.42. The number of rotatable bonds is 2. The van der Waals surface area contributed by atoms with E-state index < -0.39 is 5.54 Å². The third-order valence-electron chi connectivity index (χ3n) is 6.14. The first-order valence-electron chi connectivity index (χ1n) is 8.53. The maximum absolute atomic E-state index is 11.6. The van der Waals surface area contributed by atoms with Gasteiger partial charge in [0, 0.05) is 18.6 Å². The molecule has 3 rings (SSSR count). The van der Waals surface area contributed by atoms with Gasteiger partial charge in [-0.2, -0.15) is 0 Å². The lowest BCUT2D eigenvalue weighted by Gasteiger charge is -2.50.